The molecule has 1 aliphatic rings. The maximum absolute atomic E-state index is 11.8. The minimum absolute atomic E-state index is 0.205. The highest BCUT2D eigenvalue weighted by molar-refractivity contribution is 7.90. The normalized spacial score (nSPS) is 16.1. The van der Waals surface area contributed by atoms with E-state index < -0.39 is 10.0 Å². The second-order valence-electron chi connectivity index (χ2n) is 3.44. The van der Waals surface area contributed by atoms with Crippen molar-refractivity contribution in [3.05, 3.63) is 30.3 Å². The van der Waals surface area contributed by atoms with Gasteiger partial charge < -0.3 is 10.6 Å². The Kier molecular flexibility index (Phi) is 3.09. The molecule has 1 saturated heterocycles. The molecule has 0 unspecified atom stereocenters. The van der Waals surface area contributed by atoms with E-state index in [0.29, 0.717) is 5.96 Å². The molecule has 1 aromatic rings. The van der Waals surface area contributed by atoms with E-state index in [4.69, 9.17) is 0 Å². The summed E-state index contributed by atoms with van der Waals surface area (Å²) in [4.78, 5) is 0.205. The number of benzene rings is 1. The average molecular weight is 239 g/mol. The topological polar surface area (TPSA) is 70.6 Å². The first-order valence-electron chi connectivity index (χ1n) is 5.06. The highest BCUT2D eigenvalue weighted by Gasteiger charge is 2.14. The lowest BCUT2D eigenvalue weighted by atomic mass is 10.4. The summed E-state index contributed by atoms with van der Waals surface area (Å²) in [6.07, 6.45) is 0.963. The van der Waals surface area contributed by atoms with E-state index in [1.54, 1.807) is 18.2 Å². The van der Waals surface area contributed by atoms with Crippen molar-refractivity contribution in [2.24, 2.45) is 4.40 Å². The Hall–Kier alpha value is -1.56. The largest absolute Gasteiger partial charge is 0.355 e. The van der Waals surface area contributed by atoms with Crippen molar-refractivity contribution >= 4 is 16.0 Å². The van der Waals surface area contributed by atoms with Gasteiger partial charge in [0.25, 0.3) is 10.0 Å². The second-order valence-corrected chi connectivity index (χ2v) is 5.04. The summed E-state index contributed by atoms with van der Waals surface area (Å²) in [6, 6.07) is 8.18. The van der Waals surface area contributed by atoms with Crippen molar-refractivity contribution in [1.29, 1.82) is 0 Å². The number of nitrogens with zero attached hydrogens (tertiary/aromatic N) is 1. The third-order valence-corrected chi connectivity index (χ3v) is 3.48. The molecule has 2 rings (SSSR count). The van der Waals surface area contributed by atoms with Crippen LogP contribution in [0.25, 0.3) is 0 Å². The zero-order chi connectivity index (χ0) is 11.4. The molecule has 2 N–H and O–H groups in total. The molecule has 5 nitrogen and oxygen atoms in total. The van der Waals surface area contributed by atoms with Gasteiger partial charge in [0.05, 0.1) is 4.90 Å². The highest BCUT2D eigenvalue weighted by Crippen LogP contribution is 2.10. The molecule has 6 heteroatoms. The zero-order valence-electron chi connectivity index (χ0n) is 8.68. The fourth-order valence-electron chi connectivity index (χ4n) is 1.39. The van der Waals surface area contributed by atoms with Gasteiger partial charge in [0, 0.05) is 13.1 Å². The Labute approximate surface area is 94.6 Å². The molecule has 0 radical (unpaired) electrons. The zero-order valence-corrected chi connectivity index (χ0v) is 9.50. The number of guanidine groups is 1. The molecule has 16 heavy (non-hydrogen) atoms. The summed E-state index contributed by atoms with van der Waals surface area (Å²) in [5.74, 6) is 0.329. The van der Waals surface area contributed by atoms with Gasteiger partial charge >= 0.3 is 0 Å². The van der Waals surface area contributed by atoms with Gasteiger partial charge in [0.2, 0.25) is 5.96 Å². The van der Waals surface area contributed by atoms with Gasteiger partial charge in [-0.1, -0.05) is 18.2 Å². The summed E-state index contributed by atoms with van der Waals surface area (Å²) in [5.41, 5.74) is 0. The summed E-state index contributed by atoms with van der Waals surface area (Å²) in [5, 5.41) is 5.81. The van der Waals surface area contributed by atoms with Crippen LogP contribution in [-0.2, 0) is 10.0 Å². The monoisotopic (exact) mass is 239 g/mol. The molecule has 0 saturated carbocycles. The van der Waals surface area contributed by atoms with E-state index >= 15 is 0 Å². The van der Waals surface area contributed by atoms with Crippen LogP contribution in [0.5, 0.6) is 0 Å². The smallest absolute Gasteiger partial charge is 0.285 e. The molecular weight excluding hydrogens is 226 g/mol. The molecule has 1 aliphatic heterocycles. The molecular formula is C10H13N3O2S. The number of nitrogens with one attached hydrogen (secondary N) is 2. The Balaban J connectivity index is 2.26. The molecule has 0 bridgehead atoms. The first-order valence-corrected chi connectivity index (χ1v) is 6.50. The Bertz CT molecular complexity index is 474. The Morgan fingerprint density at radius 2 is 1.69 bits per heavy atom. The number of hydrogen-bond acceptors (Lipinski definition) is 2. The first-order chi connectivity index (χ1) is 7.68. The van der Waals surface area contributed by atoms with Gasteiger partial charge in [-0.2, -0.15) is 8.42 Å². The van der Waals surface area contributed by atoms with E-state index in [0.717, 1.165) is 19.5 Å². The van der Waals surface area contributed by atoms with Crippen LogP contribution in [0.1, 0.15) is 6.42 Å². The molecule has 0 spiro atoms. The van der Waals surface area contributed by atoms with Crippen molar-refractivity contribution in [2.45, 2.75) is 11.3 Å². The van der Waals surface area contributed by atoms with E-state index in [9.17, 15) is 8.42 Å². The van der Waals surface area contributed by atoms with Gasteiger partial charge in [0.15, 0.2) is 0 Å². The second kappa shape index (κ2) is 4.52. The third-order valence-electron chi connectivity index (χ3n) is 2.19. The van der Waals surface area contributed by atoms with Crippen molar-refractivity contribution in [3.63, 3.8) is 0 Å². The van der Waals surface area contributed by atoms with Crippen LogP contribution >= 0.6 is 0 Å². The van der Waals surface area contributed by atoms with Gasteiger partial charge in [-0.25, -0.2) is 0 Å². The van der Waals surface area contributed by atoms with Crippen LogP contribution in [0.3, 0.4) is 0 Å². The number of rotatable bonds is 2. The van der Waals surface area contributed by atoms with Gasteiger partial charge in [-0.3, -0.25) is 0 Å². The molecule has 0 aromatic heterocycles. The molecule has 0 aliphatic carbocycles. The highest BCUT2D eigenvalue weighted by atomic mass is 32.2. The third kappa shape index (κ3) is 2.52. The molecule has 0 amide bonds. The maximum Gasteiger partial charge on any atom is 0.285 e. The molecule has 86 valence electrons. The van der Waals surface area contributed by atoms with Crippen molar-refractivity contribution in [2.75, 3.05) is 13.1 Å². The van der Waals surface area contributed by atoms with Crippen LogP contribution in [0, 0.1) is 0 Å². The fourth-order valence-corrected chi connectivity index (χ4v) is 2.37. The number of sulfonamides is 1. The quantitative estimate of drug-likeness (QED) is 0.779. The fraction of sp³-hybridized carbons (Fsp3) is 0.300. The minimum atomic E-state index is -3.60. The first kappa shape index (κ1) is 10.9. The lowest BCUT2D eigenvalue weighted by molar-refractivity contribution is 0.596. The van der Waals surface area contributed by atoms with Crippen molar-refractivity contribution < 1.29 is 8.42 Å². The standard InChI is InChI=1S/C10H13N3O2S/c14-16(15,9-5-2-1-3-6-9)13-10-11-7-4-8-12-10/h1-3,5-6H,4,7-8H2,(H2,11,12,13). The van der Waals surface area contributed by atoms with E-state index in [1.807, 2.05) is 0 Å². The Morgan fingerprint density at radius 1 is 1.06 bits per heavy atom. The predicted molar refractivity (Wildman–Crippen MR) is 61.7 cm³/mol. The summed E-state index contributed by atoms with van der Waals surface area (Å²) < 4.78 is 27.4. The van der Waals surface area contributed by atoms with E-state index in [2.05, 4.69) is 15.0 Å². The molecule has 0 atom stereocenters. The molecule has 1 fully saturated rings. The van der Waals surface area contributed by atoms with Crippen LogP contribution in [0.2, 0.25) is 0 Å². The minimum Gasteiger partial charge on any atom is -0.355 e. The van der Waals surface area contributed by atoms with Crippen LogP contribution in [-0.4, -0.2) is 27.5 Å². The Morgan fingerprint density at radius 3 is 2.31 bits per heavy atom. The maximum atomic E-state index is 11.8. The molecule has 1 heterocycles. The summed E-state index contributed by atoms with van der Waals surface area (Å²) in [6.45, 7) is 1.49. The van der Waals surface area contributed by atoms with E-state index in [1.165, 1.54) is 12.1 Å². The van der Waals surface area contributed by atoms with Gasteiger partial charge in [-0.15, -0.1) is 4.40 Å². The van der Waals surface area contributed by atoms with Gasteiger partial charge in [-0.05, 0) is 18.6 Å². The summed E-state index contributed by atoms with van der Waals surface area (Å²) >= 11 is 0. The lowest BCUT2D eigenvalue weighted by Crippen LogP contribution is -2.44. The molecule has 1 aromatic carbocycles. The van der Waals surface area contributed by atoms with Crippen LogP contribution in [0.4, 0.5) is 0 Å². The van der Waals surface area contributed by atoms with Gasteiger partial charge in [0.1, 0.15) is 0 Å². The van der Waals surface area contributed by atoms with E-state index in [-0.39, 0.29) is 4.90 Å². The van der Waals surface area contributed by atoms with Crippen molar-refractivity contribution in [1.82, 2.24) is 10.6 Å². The average Bonchev–Trinajstić information content (AvgIpc) is 2.31. The SMILES string of the molecule is O=S(=O)(N=C1NCCCN1)c1ccccc1. The van der Waals surface area contributed by atoms with Crippen LogP contribution < -0.4 is 10.6 Å². The predicted octanol–water partition coefficient (Wildman–Crippen LogP) is 0.314. The van der Waals surface area contributed by atoms with Crippen molar-refractivity contribution in [3.8, 4) is 0 Å². The lowest BCUT2D eigenvalue weighted by Gasteiger charge is -2.17. The number of hydrogen-bond donors (Lipinski definition) is 2. The summed E-state index contributed by atoms with van der Waals surface area (Å²) in [7, 11) is -3.60. The van der Waals surface area contributed by atoms with Crippen LogP contribution in [0.15, 0.2) is 39.6 Å².